The number of hydrogen-bond donors (Lipinski definition) is 0. The minimum atomic E-state index is -0.558. The Morgan fingerprint density at radius 1 is 0.344 bits per heavy atom. The fraction of sp³-hybridized carbons (Fsp3) is 0.797. The number of unbranched alkanes of at least 4 members (excludes halogenated alkanes) is 30. The number of carbonyl (C=O) groups excluding carboxylic acids is 2. The van der Waals surface area contributed by atoms with E-state index in [0.717, 1.165) is 70.6 Å². The van der Waals surface area contributed by atoms with Crippen LogP contribution in [0.3, 0.4) is 0 Å². The van der Waals surface area contributed by atoms with Crippen molar-refractivity contribution in [2.45, 2.75) is 284 Å². The number of allylic oxidation sites excluding steroid dienone is 10. The van der Waals surface area contributed by atoms with Crippen molar-refractivity contribution in [1.29, 1.82) is 0 Å². The van der Waals surface area contributed by atoms with E-state index in [1.807, 2.05) is 0 Å². The lowest BCUT2D eigenvalue weighted by atomic mass is 10.0. The molecule has 0 N–H and O–H groups in total. The first-order valence-electron chi connectivity index (χ1n) is 27.8. The van der Waals surface area contributed by atoms with Gasteiger partial charge in [-0.2, -0.15) is 0 Å². The average molecular weight is 895 g/mol. The fourth-order valence-corrected chi connectivity index (χ4v) is 7.84. The highest BCUT2D eigenvalue weighted by atomic mass is 16.6. The van der Waals surface area contributed by atoms with Crippen molar-refractivity contribution >= 4 is 11.9 Å². The van der Waals surface area contributed by atoms with Crippen molar-refractivity contribution in [3.05, 3.63) is 60.8 Å². The van der Waals surface area contributed by atoms with Crippen LogP contribution in [0.25, 0.3) is 0 Å². The van der Waals surface area contributed by atoms with Gasteiger partial charge in [0.25, 0.3) is 0 Å². The Morgan fingerprint density at radius 3 is 1.11 bits per heavy atom. The Bertz CT molecular complexity index is 1100. The molecule has 0 rings (SSSR count). The fourth-order valence-electron chi connectivity index (χ4n) is 7.84. The predicted octanol–water partition coefficient (Wildman–Crippen LogP) is 18.9. The lowest BCUT2D eigenvalue weighted by Gasteiger charge is -2.18. The second kappa shape index (κ2) is 54.9. The van der Waals surface area contributed by atoms with Gasteiger partial charge in [-0.3, -0.25) is 9.59 Å². The summed E-state index contributed by atoms with van der Waals surface area (Å²) in [5, 5.41) is 0. The topological polar surface area (TPSA) is 61.8 Å². The number of carbonyl (C=O) groups is 2. The molecule has 0 radical (unpaired) electrons. The quantitative estimate of drug-likeness (QED) is 0.0346. The standard InChI is InChI=1S/C59H106O5/c1-4-7-10-13-16-19-22-25-28-30-32-34-37-40-43-46-49-52-58(60)63-56-57(55-62-54-51-48-45-42-39-36-33-29-26-23-20-17-14-11-8-5-2)64-59(61)53-50-47-44-41-38-35-31-27-24-21-18-15-12-9-6-3/h16,18-19,21,25,27-28,31,38,41,57H,4-15,17,20,22-24,26,29-30,32-37,39-40,42-56H2,1-3H3/b19-16-,21-18-,28-25-,31-27-,41-38-/t57-/m1/s1. The Balaban J connectivity index is 4.32. The molecule has 0 saturated heterocycles. The van der Waals surface area contributed by atoms with Crippen molar-refractivity contribution in [3.63, 3.8) is 0 Å². The third-order valence-electron chi connectivity index (χ3n) is 12.0. The van der Waals surface area contributed by atoms with E-state index in [9.17, 15) is 9.59 Å². The van der Waals surface area contributed by atoms with E-state index in [1.54, 1.807) is 0 Å². The van der Waals surface area contributed by atoms with Crippen molar-refractivity contribution in [2.24, 2.45) is 0 Å². The summed E-state index contributed by atoms with van der Waals surface area (Å²) < 4.78 is 17.4. The zero-order valence-electron chi connectivity index (χ0n) is 42.8. The van der Waals surface area contributed by atoms with Gasteiger partial charge >= 0.3 is 11.9 Å². The van der Waals surface area contributed by atoms with E-state index < -0.39 is 6.10 Å². The molecule has 0 aliphatic heterocycles. The molecular weight excluding hydrogens is 789 g/mol. The number of ether oxygens (including phenoxy) is 3. The first-order valence-corrected chi connectivity index (χ1v) is 27.8. The van der Waals surface area contributed by atoms with Gasteiger partial charge in [0, 0.05) is 19.4 Å². The Labute approximate surface area is 398 Å². The molecule has 5 nitrogen and oxygen atoms in total. The highest BCUT2D eigenvalue weighted by Gasteiger charge is 2.17. The minimum absolute atomic E-state index is 0.0676. The van der Waals surface area contributed by atoms with Gasteiger partial charge in [-0.1, -0.05) is 236 Å². The van der Waals surface area contributed by atoms with Gasteiger partial charge in [0.15, 0.2) is 6.10 Å². The average Bonchev–Trinajstić information content (AvgIpc) is 3.30. The van der Waals surface area contributed by atoms with Crippen LogP contribution >= 0.6 is 0 Å². The van der Waals surface area contributed by atoms with Crippen molar-refractivity contribution in [2.75, 3.05) is 19.8 Å². The summed E-state index contributed by atoms with van der Waals surface area (Å²) in [5.41, 5.74) is 0. The third-order valence-corrected chi connectivity index (χ3v) is 12.0. The van der Waals surface area contributed by atoms with Crippen LogP contribution in [0.2, 0.25) is 0 Å². The van der Waals surface area contributed by atoms with Gasteiger partial charge < -0.3 is 14.2 Å². The molecule has 0 aromatic heterocycles. The molecule has 0 aliphatic carbocycles. The zero-order chi connectivity index (χ0) is 46.3. The summed E-state index contributed by atoms with van der Waals surface area (Å²) in [7, 11) is 0. The van der Waals surface area contributed by atoms with E-state index in [-0.39, 0.29) is 25.2 Å². The van der Waals surface area contributed by atoms with Crippen LogP contribution in [-0.2, 0) is 23.8 Å². The predicted molar refractivity (Wildman–Crippen MR) is 279 cm³/mol. The maximum absolute atomic E-state index is 12.8. The van der Waals surface area contributed by atoms with Gasteiger partial charge in [-0.05, 0) is 89.9 Å². The molecule has 372 valence electrons. The summed E-state index contributed by atoms with van der Waals surface area (Å²) in [6, 6.07) is 0. The summed E-state index contributed by atoms with van der Waals surface area (Å²) in [4.78, 5) is 25.5. The van der Waals surface area contributed by atoms with Gasteiger partial charge in [0.2, 0.25) is 0 Å². The largest absolute Gasteiger partial charge is 0.462 e. The first kappa shape index (κ1) is 61.6. The van der Waals surface area contributed by atoms with Crippen LogP contribution in [0.1, 0.15) is 278 Å². The van der Waals surface area contributed by atoms with Crippen LogP contribution in [0.5, 0.6) is 0 Å². The molecule has 5 heteroatoms. The molecule has 0 heterocycles. The van der Waals surface area contributed by atoms with Gasteiger partial charge in [0.1, 0.15) is 6.61 Å². The van der Waals surface area contributed by atoms with Crippen LogP contribution in [0.4, 0.5) is 0 Å². The molecular formula is C59H106O5. The zero-order valence-corrected chi connectivity index (χ0v) is 42.8. The monoisotopic (exact) mass is 895 g/mol. The van der Waals surface area contributed by atoms with E-state index in [4.69, 9.17) is 14.2 Å². The Kier molecular flexibility index (Phi) is 52.9. The summed E-state index contributed by atoms with van der Waals surface area (Å²) >= 11 is 0. The highest BCUT2D eigenvalue weighted by molar-refractivity contribution is 5.70. The SMILES string of the molecule is CCCCC/C=C\C/C=C\C/C=C\CCCCC(=O)O[C@H](COCCCCCCCCCCCCCCCCCC)COC(=O)CCCCCCCCC/C=C\C/C=C\CCCCC. The van der Waals surface area contributed by atoms with E-state index >= 15 is 0 Å². The maximum Gasteiger partial charge on any atom is 0.306 e. The van der Waals surface area contributed by atoms with Crippen LogP contribution in [0.15, 0.2) is 60.8 Å². The second-order valence-corrected chi connectivity index (χ2v) is 18.5. The molecule has 0 unspecified atom stereocenters. The Hall–Kier alpha value is -2.40. The number of hydrogen-bond acceptors (Lipinski definition) is 5. The highest BCUT2D eigenvalue weighted by Crippen LogP contribution is 2.15. The Morgan fingerprint density at radius 2 is 0.656 bits per heavy atom. The summed E-state index contributed by atoms with van der Waals surface area (Å²) in [5.74, 6) is -0.440. The minimum Gasteiger partial charge on any atom is -0.462 e. The van der Waals surface area contributed by atoms with Crippen molar-refractivity contribution in [1.82, 2.24) is 0 Å². The molecule has 64 heavy (non-hydrogen) atoms. The molecule has 0 aromatic carbocycles. The van der Waals surface area contributed by atoms with Crippen LogP contribution in [-0.4, -0.2) is 37.9 Å². The number of esters is 2. The molecule has 0 aromatic rings. The molecule has 0 bridgehead atoms. The second-order valence-electron chi connectivity index (χ2n) is 18.5. The van der Waals surface area contributed by atoms with E-state index in [1.165, 1.54) is 173 Å². The molecule has 0 aliphatic rings. The van der Waals surface area contributed by atoms with Crippen molar-refractivity contribution < 1.29 is 23.8 Å². The summed E-state index contributed by atoms with van der Waals surface area (Å²) in [6.07, 6.45) is 69.5. The molecule has 0 fully saturated rings. The summed E-state index contributed by atoms with van der Waals surface area (Å²) in [6.45, 7) is 7.76. The van der Waals surface area contributed by atoms with E-state index in [0.29, 0.717) is 19.4 Å². The molecule has 0 saturated carbocycles. The lowest BCUT2D eigenvalue weighted by molar-refractivity contribution is -0.163. The van der Waals surface area contributed by atoms with Crippen LogP contribution in [0, 0.1) is 0 Å². The van der Waals surface area contributed by atoms with Gasteiger partial charge in [-0.25, -0.2) is 0 Å². The molecule has 0 amide bonds. The third kappa shape index (κ3) is 52.2. The normalized spacial score (nSPS) is 12.6. The van der Waals surface area contributed by atoms with Crippen LogP contribution < -0.4 is 0 Å². The van der Waals surface area contributed by atoms with E-state index in [2.05, 4.69) is 81.5 Å². The molecule has 1 atom stereocenters. The lowest BCUT2D eigenvalue weighted by Crippen LogP contribution is -2.30. The number of rotatable bonds is 51. The smallest absolute Gasteiger partial charge is 0.306 e. The first-order chi connectivity index (χ1) is 31.6. The maximum atomic E-state index is 12.8. The van der Waals surface area contributed by atoms with Gasteiger partial charge in [0.05, 0.1) is 6.61 Å². The van der Waals surface area contributed by atoms with Gasteiger partial charge in [-0.15, -0.1) is 0 Å². The van der Waals surface area contributed by atoms with Crippen molar-refractivity contribution in [3.8, 4) is 0 Å². The molecule has 0 spiro atoms.